The molecule has 3 rings (SSSR count). The number of anilines is 1. The summed E-state index contributed by atoms with van der Waals surface area (Å²) in [5.41, 5.74) is 11.8. The summed E-state index contributed by atoms with van der Waals surface area (Å²) in [5.74, 6) is -0.871. The topological polar surface area (TPSA) is 166 Å². The minimum Gasteiger partial charge on any atom is -0.534 e. The van der Waals surface area contributed by atoms with E-state index in [1.54, 1.807) is 12.1 Å². The highest BCUT2D eigenvalue weighted by molar-refractivity contribution is 8.02. The lowest BCUT2D eigenvalue weighted by molar-refractivity contribution is 0.0690. The second-order valence-corrected chi connectivity index (χ2v) is 8.45. The highest BCUT2D eigenvalue weighted by Crippen LogP contribution is 2.40. The Morgan fingerprint density at radius 3 is 2.89 bits per heavy atom. The number of aromatic carboxylic acids is 1. The molecule has 0 aliphatic carbocycles. The Labute approximate surface area is 169 Å². The summed E-state index contributed by atoms with van der Waals surface area (Å²) < 4.78 is 11.3. The van der Waals surface area contributed by atoms with Gasteiger partial charge in [-0.05, 0) is 18.1 Å². The molecule has 0 spiro atoms. The summed E-state index contributed by atoms with van der Waals surface area (Å²) >= 11 is 2.63. The van der Waals surface area contributed by atoms with Gasteiger partial charge in [-0.15, -0.1) is 10.2 Å². The predicted molar refractivity (Wildman–Crippen MR) is 107 cm³/mol. The molecule has 28 heavy (non-hydrogen) atoms. The van der Waals surface area contributed by atoms with Gasteiger partial charge in [0.05, 0.1) is 18.3 Å². The molecule has 7 N–H and O–H groups in total. The second-order valence-electron chi connectivity index (χ2n) is 5.99. The average molecular weight is 425 g/mol. The first-order chi connectivity index (χ1) is 13.5. The molecule has 10 nitrogen and oxygen atoms in total. The van der Waals surface area contributed by atoms with Crippen LogP contribution in [0.5, 0.6) is 11.5 Å². The number of hydrogen-bond acceptors (Lipinski definition) is 11. The van der Waals surface area contributed by atoms with Crippen LogP contribution in [0.3, 0.4) is 0 Å². The predicted octanol–water partition coefficient (Wildman–Crippen LogP) is 0.0583. The van der Waals surface area contributed by atoms with Crippen LogP contribution in [0.25, 0.3) is 0 Å². The van der Waals surface area contributed by atoms with E-state index < -0.39 is 13.1 Å². The highest BCUT2D eigenvalue weighted by atomic mass is 32.2. The summed E-state index contributed by atoms with van der Waals surface area (Å²) in [4.78, 5) is 11.6. The quantitative estimate of drug-likeness (QED) is 0.363. The number of thioether (sulfide) groups is 1. The van der Waals surface area contributed by atoms with Crippen LogP contribution in [0, 0.1) is 0 Å². The third-order valence-electron chi connectivity index (χ3n) is 4.17. The molecule has 2 aromatic rings. The lowest BCUT2D eigenvalue weighted by Gasteiger charge is -2.27. The molecule has 0 saturated carbocycles. The zero-order chi connectivity index (χ0) is 20.3. The number of hydrogen-bond donors (Lipinski definition) is 5. The van der Waals surface area contributed by atoms with Crippen molar-refractivity contribution in [1.29, 1.82) is 0 Å². The SMILES string of the molecule is COc1ccc2c(c1C(=O)O)OB(O)[C@@H](Sc1nnc(NC(CN)CN)s1)C2. The number of fused-ring (bicyclic) bond motifs is 1. The van der Waals surface area contributed by atoms with Crippen LogP contribution in [-0.4, -0.2) is 64.8 Å². The monoisotopic (exact) mass is 425 g/mol. The largest absolute Gasteiger partial charge is 0.537 e. The smallest absolute Gasteiger partial charge is 0.534 e. The van der Waals surface area contributed by atoms with Crippen LogP contribution in [0.2, 0.25) is 0 Å². The minimum absolute atomic E-state index is 0.0919. The number of methoxy groups -OCH3 is 1. The Balaban J connectivity index is 1.76. The molecule has 0 amide bonds. The summed E-state index contributed by atoms with van der Waals surface area (Å²) in [6.07, 6.45) is 0.405. The van der Waals surface area contributed by atoms with E-state index in [1.807, 2.05) is 0 Å². The van der Waals surface area contributed by atoms with Crippen molar-refractivity contribution in [3.05, 3.63) is 23.3 Å². The lowest BCUT2D eigenvalue weighted by Crippen LogP contribution is -2.40. The molecule has 150 valence electrons. The van der Waals surface area contributed by atoms with Crippen LogP contribution in [-0.2, 0) is 6.42 Å². The van der Waals surface area contributed by atoms with E-state index >= 15 is 0 Å². The first-order valence-electron chi connectivity index (χ1n) is 8.41. The molecule has 2 heterocycles. The molecule has 0 bridgehead atoms. The normalized spacial score (nSPS) is 15.9. The van der Waals surface area contributed by atoms with Gasteiger partial charge in [-0.1, -0.05) is 29.2 Å². The average Bonchev–Trinajstić information content (AvgIpc) is 3.12. The van der Waals surface area contributed by atoms with Gasteiger partial charge < -0.3 is 36.3 Å². The zero-order valence-electron chi connectivity index (χ0n) is 15.0. The third-order valence-corrected chi connectivity index (χ3v) is 6.34. The molecule has 1 aliphatic rings. The zero-order valence-corrected chi connectivity index (χ0v) is 16.6. The van der Waals surface area contributed by atoms with E-state index in [2.05, 4.69) is 15.5 Å². The van der Waals surface area contributed by atoms with Crippen LogP contribution < -0.4 is 26.2 Å². The molecule has 0 saturated heterocycles. The summed E-state index contributed by atoms with van der Waals surface area (Å²) in [5, 5.41) is 31.4. The number of nitrogens with zero attached hydrogens (tertiary/aromatic N) is 2. The number of ether oxygens (including phenoxy) is 1. The van der Waals surface area contributed by atoms with E-state index in [0.29, 0.717) is 34.5 Å². The summed E-state index contributed by atoms with van der Waals surface area (Å²) in [6.45, 7) is 0.750. The van der Waals surface area contributed by atoms with Gasteiger partial charge in [0, 0.05) is 13.1 Å². The van der Waals surface area contributed by atoms with E-state index in [0.717, 1.165) is 0 Å². The summed E-state index contributed by atoms with van der Waals surface area (Å²) in [6, 6.07) is 3.23. The molecule has 0 radical (unpaired) electrons. The molecule has 1 atom stereocenters. The lowest BCUT2D eigenvalue weighted by atomic mass is 9.77. The fraction of sp³-hybridized carbons (Fsp3) is 0.400. The van der Waals surface area contributed by atoms with Crippen LogP contribution in [0.15, 0.2) is 16.5 Å². The van der Waals surface area contributed by atoms with E-state index in [4.69, 9.17) is 20.9 Å². The number of carboxylic acid groups (broad SMARTS) is 1. The van der Waals surface area contributed by atoms with E-state index in [9.17, 15) is 14.9 Å². The molecular weight excluding hydrogens is 405 g/mol. The van der Waals surface area contributed by atoms with Crippen LogP contribution >= 0.6 is 23.1 Å². The van der Waals surface area contributed by atoms with Crippen molar-refractivity contribution in [3.8, 4) is 11.5 Å². The maximum absolute atomic E-state index is 11.6. The molecule has 0 unspecified atom stereocenters. The number of nitrogens with one attached hydrogen (secondary N) is 1. The van der Waals surface area contributed by atoms with Gasteiger partial charge in [0.15, 0.2) is 4.34 Å². The van der Waals surface area contributed by atoms with Crippen molar-refractivity contribution in [2.45, 2.75) is 22.0 Å². The standard InChI is InChI=1S/C15H20BN5O5S2/c1-25-9-3-2-7-4-10(16(24)26-12(7)11(9)13(22)23)27-15-21-20-14(28-15)19-8(5-17)6-18/h2-3,8,10,24H,4-6,17-18H2,1H3,(H,19,20)(H,22,23)/t10-/m0/s1. The van der Waals surface area contributed by atoms with Crippen LogP contribution in [0.4, 0.5) is 5.13 Å². The Morgan fingerprint density at radius 2 is 2.25 bits per heavy atom. The highest BCUT2D eigenvalue weighted by Gasteiger charge is 2.39. The first-order valence-corrected chi connectivity index (χ1v) is 10.1. The second kappa shape index (κ2) is 8.96. The van der Waals surface area contributed by atoms with Crippen molar-refractivity contribution < 1.29 is 24.3 Å². The minimum atomic E-state index is -1.20. The fourth-order valence-corrected chi connectivity index (χ4v) is 4.86. The Kier molecular flexibility index (Phi) is 6.62. The molecule has 1 aliphatic heterocycles. The number of aromatic nitrogens is 2. The summed E-state index contributed by atoms with van der Waals surface area (Å²) in [7, 11) is 0.177. The van der Waals surface area contributed by atoms with Crippen molar-refractivity contribution in [1.82, 2.24) is 10.2 Å². The maximum atomic E-state index is 11.6. The first kappa shape index (κ1) is 20.7. The maximum Gasteiger partial charge on any atom is 0.537 e. The molecule has 1 aromatic carbocycles. The van der Waals surface area contributed by atoms with Crippen molar-refractivity contribution in [2.24, 2.45) is 11.5 Å². The van der Waals surface area contributed by atoms with Gasteiger partial charge in [0.25, 0.3) is 0 Å². The molecule has 0 fully saturated rings. The van der Waals surface area contributed by atoms with Gasteiger partial charge in [-0.3, -0.25) is 0 Å². The number of carbonyl (C=O) groups is 1. The number of nitrogens with two attached hydrogens (primary N) is 2. The van der Waals surface area contributed by atoms with Gasteiger partial charge in [0.2, 0.25) is 5.13 Å². The van der Waals surface area contributed by atoms with Gasteiger partial charge in [0.1, 0.15) is 17.1 Å². The molecular formula is C15H20BN5O5S2. The van der Waals surface area contributed by atoms with Crippen molar-refractivity contribution in [2.75, 3.05) is 25.5 Å². The number of rotatable bonds is 8. The van der Waals surface area contributed by atoms with Gasteiger partial charge in [-0.25, -0.2) is 4.79 Å². The molecule has 1 aromatic heterocycles. The number of carboxylic acids is 1. The van der Waals surface area contributed by atoms with Crippen molar-refractivity contribution in [3.63, 3.8) is 0 Å². The third kappa shape index (κ3) is 4.33. The fourth-order valence-electron chi connectivity index (χ4n) is 2.72. The van der Waals surface area contributed by atoms with Crippen molar-refractivity contribution >= 4 is 41.3 Å². The van der Waals surface area contributed by atoms with E-state index in [-0.39, 0.29) is 28.3 Å². The van der Waals surface area contributed by atoms with Gasteiger partial charge in [-0.2, -0.15) is 0 Å². The number of benzene rings is 1. The molecule has 13 heteroatoms. The van der Waals surface area contributed by atoms with Crippen LogP contribution in [0.1, 0.15) is 15.9 Å². The Bertz CT molecular complexity index is 850. The Hall–Kier alpha value is -2.06. The Morgan fingerprint density at radius 1 is 1.50 bits per heavy atom. The van der Waals surface area contributed by atoms with Gasteiger partial charge >= 0.3 is 13.1 Å². The van der Waals surface area contributed by atoms with E-state index in [1.165, 1.54) is 30.2 Å².